The molecular formula is C27H32N4O5. The lowest BCUT2D eigenvalue weighted by Gasteiger charge is -2.28. The van der Waals surface area contributed by atoms with Gasteiger partial charge in [-0.2, -0.15) is 0 Å². The Hall–Kier alpha value is -3.98. The molecule has 36 heavy (non-hydrogen) atoms. The Morgan fingerprint density at radius 1 is 1.03 bits per heavy atom. The molecular weight excluding hydrogens is 460 g/mol. The standard InChI is InChI=1S/C27H32N4O5/c1-21-12-13-23(17-25(21)31(34)35)27(33)29(15-8-16-36-3)20-26(32)30(18-22-9-5-4-6-10-22)19-24-11-7-14-28(24)2/h4-7,9-14,17H,8,15-16,18-20H2,1-3H3. The first-order chi connectivity index (χ1) is 17.3. The van der Waals surface area contributed by atoms with Crippen LogP contribution in [0.15, 0.2) is 66.9 Å². The topological polar surface area (TPSA) is 97.9 Å². The van der Waals surface area contributed by atoms with Crippen LogP contribution < -0.4 is 0 Å². The van der Waals surface area contributed by atoms with Crippen LogP contribution in [0.5, 0.6) is 0 Å². The van der Waals surface area contributed by atoms with Crippen LogP contribution in [0.4, 0.5) is 5.69 Å². The highest BCUT2D eigenvalue weighted by Gasteiger charge is 2.25. The average molecular weight is 493 g/mol. The molecule has 0 N–H and O–H groups in total. The predicted molar refractivity (Wildman–Crippen MR) is 136 cm³/mol. The van der Waals surface area contributed by atoms with Crippen molar-refractivity contribution < 1.29 is 19.2 Å². The number of ether oxygens (including phenoxy) is 1. The smallest absolute Gasteiger partial charge is 0.273 e. The summed E-state index contributed by atoms with van der Waals surface area (Å²) in [5, 5.41) is 11.4. The van der Waals surface area contributed by atoms with E-state index in [0.29, 0.717) is 31.7 Å². The van der Waals surface area contributed by atoms with Crippen LogP contribution in [-0.4, -0.2) is 57.9 Å². The number of amides is 2. The maximum Gasteiger partial charge on any atom is 0.273 e. The molecule has 0 unspecified atom stereocenters. The van der Waals surface area contributed by atoms with Crippen LogP contribution in [0.1, 0.15) is 33.6 Å². The molecule has 2 amide bonds. The van der Waals surface area contributed by atoms with Gasteiger partial charge >= 0.3 is 0 Å². The Kier molecular flexibility index (Phi) is 9.35. The number of methoxy groups -OCH3 is 1. The van der Waals surface area contributed by atoms with Crippen LogP contribution in [0, 0.1) is 17.0 Å². The van der Waals surface area contributed by atoms with Crippen molar-refractivity contribution in [3.63, 3.8) is 0 Å². The van der Waals surface area contributed by atoms with Gasteiger partial charge in [-0.1, -0.05) is 36.4 Å². The van der Waals surface area contributed by atoms with Crippen molar-refractivity contribution in [1.29, 1.82) is 0 Å². The van der Waals surface area contributed by atoms with Gasteiger partial charge in [0, 0.05) is 62.9 Å². The summed E-state index contributed by atoms with van der Waals surface area (Å²) in [7, 11) is 3.49. The number of nitro groups is 1. The zero-order valence-corrected chi connectivity index (χ0v) is 20.9. The summed E-state index contributed by atoms with van der Waals surface area (Å²) >= 11 is 0. The normalized spacial score (nSPS) is 10.8. The van der Waals surface area contributed by atoms with Crippen molar-refractivity contribution in [2.75, 3.05) is 26.8 Å². The highest BCUT2D eigenvalue weighted by Crippen LogP contribution is 2.21. The van der Waals surface area contributed by atoms with E-state index in [-0.39, 0.29) is 30.2 Å². The third kappa shape index (κ3) is 7.02. The Balaban J connectivity index is 1.86. The van der Waals surface area contributed by atoms with Gasteiger partial charge in [-0.25, -0.2) is 0 Å². The van der Waals surface area contributed by atoms with Crippen molar-refractivity contribution in [2.45, 2.75) is 26.4 Å². The summed E-state index contributed by atoms with van der Waals surface area (Å²) in [4.78, 5) is 41.0. The van der Waals surface area contributed by atoms with E-state index in [1.54, 1.807) is 31.1 Å². The third-order valence-corrected chi connectivity index (χ3v) is 6.02. The van der Waals surface area contributed by atoms with E-state index in [9.17, 15) is 19.7 Å². The van der Waals surface area contributed by atoms with E-state index in [1.165, 1.54) is 11.0 Å². The molecule has 0 aliphatic rings. The monoisotopic (exact) mass is 492 g/mol. The number of hydrogen-bond acceptors (Lipinski definition) is 5. The summed E-state index contributed by atoms with van der Waals surface area (Å²) in [6, 6.07) is 17.9. The van der Waals surface area contributed by atoms with Crippen LogP contribution in [0.3, 0.4) is 0 Å². The van der Waals surface area contributed by atoms with Crippen molar-refractivity contribution >= 4 is 17.5 Å². The summed E-state index contributed by atoms with van der Waals surface area (Å²) in [5.74, 6) is -0.645. The molecule has 9 nitrogen and oxygen atoms in total. The summed E-state index contributed by atoms with van der Waals surface area (Å²) in [6.45, 7) is 2.94. The van der Waals surface area contributed by atoms with Crippen molar-refractivity contribution in [2.24, 2.45) is 7.05 Å². The van der Waals surface area contributed by atoms with Crippen molar-refractivity contribution in [3.05, 3.63) is 99.4 Å². The number of carbonyl (C=O) groups is 2. The van der Waals surface area contributed by atoms with Gasteiger partial charge in [0.25, 0.3) is 11.6 Å². The summed E-state index contributed by atoms with van der Waals surface area (Å²) < 4.78 is 7.09. The van der Waals surface area contributed by atoms with Crippen LogP contribution >= 0.6 is 0 Å². The van der Waals surface area contributed by atoms with Gasteiger partial charge in [0.1, 0.15) is 6.54 Å². The Bertz CT molecular complexity index is 1190. The van der Waals surface area contributed by atoms with Crippen molar-refractivity contribution in [3.8, 4) is 0 Å². The number of hydrogen-bond donors (Lipinski definition) is 0. The van der Waals surface area contributed by atoms with Gasteiger partial charge in [-0.15, -0.1) is 0 Å². The van der Waals surface area contributed by atoms with Crippen LogP contribution in [0.2, 0.25) is 0 Å². The number of nitro benzene ring substituents is 1. The predicted octanol–water partition coefficient (Wildman–Crippen LogP) is 3.95. The van der Waals surface area contributed by atoms with Gasteiger partial charge < -0.3 is 19.1 Å². The molecule has 0 saturated carbocycles. The lowest BCUT2D eigenvalue weighted by atomic mass is 10.1. The molecule has 2 aromatic carbocycles. The number of benzene rings is 2. The first kappa shape index (κ1) is 26.6. The van der Waals surface area contributed by atoms with Gasteiger partial charge in [0.15, 0.2) is 0 Å². The minimum Gasteiger partial charge on any atom is -0.385 e. The fraction of sp³-hybridized carbons (Fsp3) is 0.333. The van der Waals surface area contributed by atoms with Gasteiger partial charge in [-0.3, -0.25) is 19.7 Å². The maximum absolute atomic E-state index is 13.6. The number of carbonyl (C=O) groups excluding carboxylic acids is 2. The highest BCUT2D eigenvalue weighted by molar-refractivity contribution is 5.97. The third-order valence-electron chi connectivity index (χ3n) is 6.02. The minimum absolute atomic E-state index is 0.126. The van der Waals surface area contributed by atoms with E-state index in [1.807, 2.05) is 60.3 Å². The Morgan fingerprint density at radius 2 is 1.78 bits per heavy atom. The van der Waals surface area contributed by atoms with Gasteiger partial charge in [-0.05, 0) is 37.1 Å². The molecule has 0 fully saturated rings. The van der Waals surface area contributed by atoms with Crippen molar-refractivity contribution in [1.82, 2.24) is 14.4 Å². The zero-order valence-electron chi connectivity index (χ0n) is 20.9. The molecule has 3 rings (SSSR count). The fourth-order valence-electron chi connectivity index (χ4n) is 3.93. The molecule has 190 valence electrons. The van der Waals surface area contributed by atoms with E-state index < -0.39 is 10.8 Å². The first-order valence-electron chi connectivity index (χ1n) is 11.7. The van der Waals surface area contributed by atoms with E-state index in [0.717, 1.165) is 11.3 Å². The van der Waals surface area contributed by atoms with Gasteiger partial charge in [0.2, 0.25) is 5.91 Å². The summed E-state index contributed by atoms with van der Waals surface area (Å²) in [6.07, 6.45) is 2.45. The molecule has 0 saturated heterocycles. The van der Waals surface area contributed by atoms with Crippen LogP contribution in [0.25, 0.3) is 0 Å². The van der Waals surface area contributed by atoms with E-state index in [2.05, 4.69) is 0 Å². The second kappa shape index (κ2) is 12.6. The molecule has 0 aliphatic carbocycles. The molecule has 0 radical (unpaired) electrons. The Morgan fingerprint density at radius 3 is 2.42 bits per heavy atom. The lowest BCUT2D eigenvalue weighted by Crippen LogP contribution is -2.43. The minimum atomic E-state index is -0.506. The molecule has 1 heterocycles. The van der Waals surface area contributed by atoms with E-state index >= 15 is 0 Å². The second-order valence-corrected chi connectivity index (χ2v) is 8.68. The number of nitrogens with zero attached hydrogens (tertiary/aromatic N) is 4. The largest absolute Gasteiger partial charge is 0.385 e. The molecule has 0 atom stereocenters. The summed E-state index contributed by atoms with van der Waals surface area (Å²) in [5.41, 5.74) is 2.46. The Labute approximate surface area is 211 Å². The molecule has 1 aromatic heterocycles. The van der Waals surface area contributed by atoms with Crippen LogP contribution in [-0.2, 0) is 29.7 Å². The number of aromatic nitrogens is 1. The second-order valence-electron chi connectivity index (χ2n) is 8.68. The van der Waals surface area contributed by atoms with E-state index in [4.69, 9.17) is 4.74 Å². The molecule has 0 aliphatic heterocycles. The maximum atomic E-state index is 13.6. The SMILES string of the molecule is COCCCN(CC(=O)N(Cc1ccccc1)Cc1cccn1C)C(=O)c1ccc(C)c([N+](=O)[O-])c1. The fourth-order valence-corrected chi connectivity index (χ4v) is 3.93. The molecule has 9 heteroatoms. The highest BCUT2D eigenvalue weighted by atomic mass is 16.6. The first-order valence-corrected chi connectivity index (χ1v) is 11.7. The molecule has 0 bridgehead atoms. The lowest BCUT2D eigenvalue weighted by molar-refractivity contribution is -0.385. The quantitative estimate of drug-likeness (QED) is 0.217. The number of aryl methyl sites for hydroxylation is 2. The zero-order chi connectivity index (χ0) is 26.1. The molecule has 0 spiro atoms. The van der Waals surface area contributed by atoms with Gasteiger partial charge in [0.05, 0.1) is 11.5 Å². The number of rotatable bonds is 12. The average Bonchev–Trinajstić information content (AvgIpc) is 3.27. The molecule has 3 aromatic rings.